The van der Waals surface area contributed by atoms with Crippen LogP contribution in [-0.2, 0) is 17.9 Å². The fourth-order valence-electron chi connectivity index (χ4n) is 5.41. The average Bonchev–Trinajstić information content (AvgIpc) is 3.11. The van der Waals surface area contributed by atoms with Gasteiger partial charge in [0.2, 0.25) is 11.8 Å². The van der Waals surface area contributed by atoms with Gasteiger partial charge in [0.25, 0.3) is 0 Å². The van der Waals surface area contributed by atoms with Crippen molar-refractivity contribution in [3.63, 3.8) is 0 Å². The first-order valence-electron chi connectivity index (χ1n) is 16.1. The van der Waals surface area contributed by atoms with Gasteiger partial charge in [-0.3, -0.25) is 9.69 Å². The van der Waals surface area contributed by atoms with E-state index in [0.717, 1.165) is 47.8 Å². The third-order valence-corrected chi connectivity index (χ3v) is 8.71. The van der Waals surface area contributed by atoms with Crippen LogP contribution in [0.3, 0.4) is 0 Å². The number of piperazine rings is 1. The van der Waals surface area contributed by atoms with E-state index in [1.54, 1.807) is 42.6 Å². The molecule has 5 aromatic rings. The van der Waals surface area contributed by atoms with Crippen LogP contribution >= 0.6 is 35.6 Å². The molecule has 0 saturated carbocycles. The summed E-state index contributed by atoms with van der Waals surface area (Å²) < 4.78 is 17.8. The number of benzene rings is 4. The summed E-state index contributed by atoms with van der Waals surface area (Å²) in [4.78, 5) is 21.6. The molecule has 1 fully saturated rings. The maximum atomic E-state index is 13.0. The molecule has 1 aliphatic heterocycles. The second-order valence-corrected chi connectivity index (χ2v) is 12.8. The number of amides is 1. The lowest BCUT2D eigenvalue weighted by Gasteiger charge is -2.34. The summed E-state index contributed by atoms with van der Waals surface area (Å²) in [6.45, 7) is 8.17. The van der Waals surface area contributed by atoms with Crippen molar-refractivity contribution in [2.45, 2.75) is 27.0 Å². The van der Waals surface area contributed by atoms with Crippen molar-refractivity contribution in [1.82, 2.24) is 14.8 Å². The van der Waals surface area contributed by atoms with Gasteiger partial charge in [-0.15, -0.1) is 12.4 Å². The molecule has 1 aromatic heterocycles. The second-order valence-electron chi connectivity index (χ2n) is 12.0. The molecular formula is C40H38Cl3N3O4. The van der Waals surface area contributed by atoms with Crippen LogP contribution in [0, 0.1) is 13.8 Å². The van der Waals surface area contributed by atoms with Crippen molar-refractivity contribution in [3.8, 4) is 28.9 Å². The van der Waals surface area contributed by atoms with Crippen LogP contribution < -0.4 is 14.2 Å². The fraction of sp³-hybridized carbons (Fsp3) is 0.200. The van der Waals surface area contributed by atoms with Crippen LogP contribution in [-0.4, -0.2) is 46.9 Å². The van der Waals surface area contributed by atoms with Crippen LogP contribution in [0.5, 0.6) is 28.9 Å². The number of hydrogen-bond donors (Lipinski definition) is 0. The summed E-state index contributed by atoms with van der Waals surface area (Å²) in [6.07, 6.45) is 5.04. The monoisotopic (exact) mass is 729 g/mol. The van der Waals surface area contributed by atoms with Crippen LogP contribution in [0.4, 0.5) is 0 Å². The van der Waals surface area contributed by atoms with E-state index in [1.165, 1.54) is 11.1 Å². The zero-order valence-electron chi connectivity index (χ0n) is 27.9. The molecule has 2 heterocycles. The molecule has 0 aliphatic carbocycles. The SMILES string of the molecule is Cc1ccc(COc2ccc(Oc3c(C)cc(C=CC(=O)N4CCN(Cc5ccc(Oc6ccc(Cl)cc6)cc5)CC4)cc3Cl)nc2)cc1.Cl. The van der Waals surface area contributed by atoms with E-state index in [1.807, 2.05) is 60.4 Å². The highest BCUT2D eigenvalue weighted by atomic mass is 35.5. The number of carbonyl (C=O) groups is 1. The Morgan fingerprint density at radius 1 is 0.780 bits per heavy atom. The van der Waals surface area contributed by atoms with Crippen LogP contribution in [0.1, 0.15) is 27.8 Å². The minimum absolute atomic E-state index is 0. The number of ether oxygens (including phenoxy) is 3. The minimum atomic E-state index is -0.0219. The van der Waals surface area contributed by atoms with Crippen molar-refractivity contribution < 1.29 is 19.0 Å². The molecule has 0 unspecified atom stereocenters. The van der Waals surface area contributed by atoms with Gasteiger partial charge in [-0.1, -0.05) is 65.2 Å². The molecule has 1 aliphatic rings. The Balaban J connectivity index is 0.00000486. The molecule has 1 amide bonds. The lowest BCUT2D eigenvalue weighted by Crippen LogP contribution is -2.47. The number of carbonyl (C=O) groups excluding carboxylic acids is 1. The van der Waals surface area contributed by atoms with Gasteiger partial charge < -0.3 is 19.1 Å². The third-order valence-electron chi connectivity index (χ3n) is 8.17. The quantitative estimate of drug-likeness (QED) is 0.126. The van der Waals surface area contributed by atoms with Crippen LogP contribution in [0.2, 0.25) is 10.0 Å². The summed E-state index contributed by atoms with van der Waals surface area (Å²) >= 11 is 12.6. The number of nitrogens with zero attached hydrogens (tertiary/aromatic N) is 3. The largest absolute Gasteiger partial charge is 0.487 e. The lowest BCUT2D eigenvalue weighted by molar-refractivity contribution is -0.127. The first-order valence-corrected chi connectivity index (χ1v) is 16.9. The molecule has 0 atom stereocenters. The molecule has 0 bridgehead atoms. The van der Waals surface area contributed by atoms with E-state index in [2.05, 4.69) is 41.1 Å². The van der Waals surface area contributed by atoms with Crippen molar-refractivity contribution in [1.29, 1.82) is 0 Å². The smallest absolute Gasteiger partial charge is 0.246 e. The highest BCUT2D eigenvalue weighted by Crippen LogP contribution is 2.34. The van der Waals surface area contributed by atoms with Gasteiger partial charge in [0.1, 0.15) is 23.9 Å². The van der Waals surface area contributed by atoms with E-state index < -0.39 is 0 Å². The number of rotatable bonds is 11. The van der Waals surface area contributed by atoms with Crippen molar-refractivity contribution >= 4 is 47.6 Å². The highest BCUT2D eigenvalue weighted by Gasteiger charge is 2.20. The molecular weight excluding hydrogens is 693 g/mol. The lowest BCUT2D eigenvalue weighted by atomic mass is 10.1. The van der Waals surface area contributed by atoms with Gasteiger partial charge in [-0.25, -0.2) is 4.98 Å². The Labute approximate surface area is 309 Å². The van der Waals surface area contributed by atoms with E-state index >= 15 is 0 Å². The zero-order chi connectivity index (χ0) is 34.2. The third kappa shape index (κ3) is 10.2. The number of aryl methyl sites for hydroxylation is 2. The topological polar surface area (TPSA) is 64.1 Å². The summed E-state index contributed by atoms with van der Waals surface area (Å²) in [7, 11) is 0. The van der Waals surface area contributed by atoms with Gasteiger partial charge in [0.05, 0.1) is 11.2 Å². The molecule has 1 saturated heterocycles. The van der Waals surface area contributed by atoms with Gasteiger partial charge in [-0.2, -0.15) is 0 Å². The number of hydrogen-bond acceptors (Lipinski definition) is 6. The molecule has 0 spiro atoms. The van der Waals surface area contributed by atoms with Crippen molar-refractivity contribution in [2.24, 2.45) is 0 Å². The van der Waals surface area contributed by atoms with Gasteiger partial charge in [-0.05, 0) is 96.8 Å². The Morgan fingerprint density at radius 2 is 1.42 bits per heavy atom. The van der Waals surface area contributed by atoms with Crippen LogP contribution in [0.25, 0.3) is 6.08 Å². The van der Waals surface area contributed by atoms with Gasteiger partial charge in [0.15, 0.2) is 5.75 Å². The Morgan fingerprint density at radius 3 is 2.06 bits per heavy atom. The molecule has 10 heteroatoms. The summed E-state index contributed by atoms with van der Waals surface area (Å²) in [5.41, 5.74) is 5.14. The zero-order valence-corrected chi connectivity index (χ0v) is 30.2. The molecule has 50 heavy (non-hydrogen) atoms. The average molecular weight is 731 g/mol. The highest BCUT2D eigenvalue weighted by molar-refractivity contribution is 6.32. The minimum Gasteiger partial charge on any atom is -0.487 e. The molecule has 4 aromatic carbocycles. The molecule has 0 N–H and O–H groups in total. The Hall–Kier alpha value is -4.53. The van der Waals surface area contributed by atoms with E-state index in [-0.39, 0.29) is 18.3 Å². The van der Waals surface area contributed by atoms with Gasteiger partial charge in [0, 0.05) is 49.9 Å². The normalized spacial score (nSPS) is 13.2. The van der Waals surface area contributed by atoms with Crippen LogP contribution in [0.15, 0.2) is 109 Å². The summed E-state index contributed by atoms with van der Waals surface area (Å²) in [6, 6.07) is 30.9. The van der Waals surface area contributed by atoms with Gasteiger partial charge >= 0.3 is 0 Å². The predicted molar refractivity (Wildman–Crippen MR) is 202 cm³/mol. The fourth-order valence-corrected chi connectivity index (χ4v) is 5.85. The Bertz CT molecular complexity index is 1870. The van der Waals surface area contributed by atoms with E-state index in [4.69, 9.17) is 37.4 Å². The first-order chi connectivity index (χ1) is 23.8. The number of aromatic nitrogens is 1. The molecule has 6 rings (SSSR count). The van der Waals surface area contributed by atoms with Crippen molar-refractivity contribution in [2.75, 3.05) is 26.2 Å². The molecule has 0 radical (unpaired) electrons. The maximum absolute atomic E-state index is 13.0. The number of halogens is 3. The van der Waals surface area contributed by atoms with Crippen molar-refractivity contribution in [3.05, 3.63) is 147 Å². The predicted octanol–water partition coefficient (Wildman–Crippen LogP) is 9.95. The molecule has 7 nitrogen and oxygen atoms in total. The summed E-state index contributed by atoms with van der Waals surface area (Å²) in [5, 5.41) is 1.11. The Kier molecular flexibility index (Phi) is 12.8. The first kappa shape index (κ1) is 36.7. The maximum Gasteiger partial charge on any atom is 0.246 e. The number of pyridine rings is 1. The molecule has 258 valence electrons. The summed E-state index contributed by atoms with van der Waals surface area (Å²) in [5.74, 6) is 3.07. The standard InChI is InChI=1S/C40H37Cl2N3O4.ClH/c1-28-3-5-31(6-4-28)27-47-36-16-17-38(43-25-36)49-40-29(2)23-32(24-37(40)42)9-18-39(46)45-21-19-44(20-22-45)26-30-7-12-34(13-8-30)48-35-14-10-33(41)11-15-35;/h3-18,23-25H,19-22,26-27H2,1-2H3;1H. The van der Waals surface area contributed by atoms with E-state index in [9.17, 15) is 4.79 Å². The van der Waals surface area contributed by atoms with E-state index in [0.29, 0.717) is 47.1 Å². The second kappa shape index (κ2) is 17.4.